The normalized spacial score (nSPS) is 33.7. The van der Waals surface area contributed by atoms with E-state index in [0.717, 1.165) is 17.9 Å². The molecule has 1 nitrogen and oxygen atoms in total. The minimum Gasteiger partial charge on any atom is -0.313 e. The summed E-state index contributed by atoms with van der Waals surface area (Å²) in [6, 6.07) is 5.24. The van der Waals surface area contributed by atoms with Gasteiger partial charge < -0.3 is 5.32 Å². The van der Waals surface area contributed by atoms with Crippen molar-refractivity contribution in [3.8, 4) is 0 Å². The molecule has 2 fully saturated rings. The van der Waals surface area contributed by atoms with Crippen LogP contribution in [0, 0.1) is 11.8 Å². The third-order valence-corrected chi connectivity index (χ3v) is 5.03. The molecule has 3 rings (SSSR count). The first-order valence-electron chi connectivity index (χ1n) is 6.17. The highest BCUT2D eigenvalue weighted by atomic mass is 32.1. The van der Waals surface area contributed by atoms with Crippen LogP contribution in [-0.2, 0) is 6.42 Å². The van der Waals surface area contributed by atoms with E-state index < -0.39 is 0 Å². The lowest BCUT2D eigenvalue weighted by molar-refractivity contribution is 0.354. The molecule has 3 atom stereocenters. The molecule has 15 heavy (non-hydrogen) atoms. The first-order chi connectivity index (χ1) is 7.42. The highest BCUT2D eigenvalue weighted by Gasteiger charge is 2.38. The monoisotopic (exact) mass is 221 g/mol. The van der Waals surface area contributed by atoms with Crippen molar-refractivity contribution in [2.75, 3.05) is 6.54 Å². The zero-order valence-electron chi connectivity index (χ0n) is 9.11. The highest BCUT2D eigenvalue weighted by Crippen LogP contribution is 2.44. The zero-order chi connectivity index (χ0) is 10.1. The van der Waals surface area contributed by atoms with Gasteiger partial charge in [-0.2, -0.15) is 0 Å². The van der Waals surface area contributed by atoms with Crippen LogP contribution in [0.1, 0.15) is 30.6 Å². The average Bonchev–Trinajstić information content (AvgIpc) is 2.93. The second-order valence-electron chi connectivity index (χ2n) is 5.06. The first-order valence-corrected chi connectivity index (χ1v) is 7.05. The lowest BCUT2D eigenvalue weighted by Gasteiger charge is -2.22. The molecule has 0 aliphatic heterocycles. The topological polar surface area (TPSA) is 12.0 Å². The van der Waals surface area contributed by atoms with Crippen molar-refractivity contribution in [2.24, 2.45) is 11.8 Å². The van der Waals surface area contributed by atoms with Gasteiger partial charge in [-0.15, -0.1) is 11.3 Å². The molecule has 2 heteroatoms. The molecule has 0 amide bonds. The van der Waals surface area contributed by atoms with Gasteiger partial charge in [0.15, 0.2) is 0 Å². The molecule has 2 bridgehead atoms. The molecular weight excluding hydrogens is 202 g/mol. The van der Waals surface area contributed by atoms with Gasteiger partial charge in [0.05, 0.1) is 0 Å². The molecule has 1 aromatic heterocycles. The molecule has 1 aromatic rings. The Balaban J connectivity index is 1.43. The first kappa shape index (κ1) is 9.86. The lowest BCUT2D eigenvalue weighted by atomic mass is 9.95. The summed E-state index contributed by atoms with van der Waals surface area (Å²) in [5, 5.41) is 5.93. The zero-order valence-corrected chi connectivity index (χ0v) is 9.93. The van der Waals surface area contributed by atoms with Gasteiger partial charge in [-0.3, -0.25) is 0 Å². The van der Waals surface area contributed by atoms with E-state index in [2.05, 4.69) is 22.8 Å². The fourth-order valence-electron chi connectivity index (χ4n) is 3.33. The van der Waals surface area contributed by atoms with Crippen LogP contribution in [0.25, 0.3) is 0 Å². The number of rotatable bonds is 4. The van der Waals surface area contributed by atoms with Gasteiger partial charge in [0, 0.05) is 17.5 Å². The summed E-state index contributed by atoms with van der Waals surface area (Å²) in [5.41, 5.74) is 0. The quantitative estimate of drug-likeness (QED) is 0.824. The highest BCUT2D eigenvalue weighted by molar-refractivity contribution is 7.09. The molecule has 2 aliphatic rings. The second-order valence-corrected chi connectivity index (χ2v) is 6.10. The Hall–Kier alpha value is -0.340. The maximum absolute atomic E-state index is 3.76. The van der Waals surface area contributed by atoms with Crippen LogP contribution < -0.4 is 5.32 Å². The molecule has 0 saturated heterocycles. The van der Waals surface area contributed by atoms with E-state index in [9.17, 15) is 0 Å². The van der Waals surface area contributed by atoms with Crippen LogP contribution >= 0.6 is 11.3 Å². The minimum atomic E-state index is 0.851. The van der Waals surface area contributed by atoms with Crippen LogP contribution in [0.4, 0.5) is 0 Å². The number of hydrogen-bond donors (Lipinski definition) is 1. The number of fused-ring (bicyclic) bond motifs is 2. The molecule has 1 heterocycles. The summed E-state index contributed by atoms with van der Waals surface area (Å²) < 4.78 is 0. The van der Waals surface area contributed by atoms with Gasteiger partial charge in [0.2, 0.25) is 0 Å². The fraction of sp³-hybridized carbons (Fsp3) is 0.692. The lowest BCUT2D eigenvalue weighted by Crippen LogP contribution is -2.35. The van der Waals surface area contributed by atoms with Crippen LogP contribution in [0.2, 0.25) is 0 Å². The predicted molar refractivity (Wildman–Crippen MR) is 65.3 cm³/mol. The smallest absolute Gasteiger partial charge is 0.00982 e. The van der Waals surface area contributed by atoms with Crippen molar-refractivity contribution in [3.63, 3.8) is 0 Å². The summed E-state index contributed by atoms with van der Waals surface area (Å²) in [5.74, 6) is 2.08. The third kappa shape index (κ3) is 2.11. The van der Waals surface area contributed by atoms with Crippen molar-refractivity contribution in [1.82, 2.24) is 5.32 Å². The summed E-state index contributed by atoms with van der Waals surface area (Å²) in [6.45, 7) is 1.18. The van der Waals surface area contributed by atoms with Crippen molar-refractivity contribution < 1.29 is 0 Å². The third-order valence-electron chi connectivity index (χ3n) is 4.10. The van der Waals surface area contributed by atoms with E-state index in [1.54, 1.807) is 0 Å². The molecule has 0 spiro atoms. The fourth-order valence-corrected chi connectivity index (χ4v) is 4.04. The Labute approximate surface area is 95.9 Å². The molecule has 0 aromatic carbocycles. The average molecular weight is 221 g/mol. The Kier molecular flexibility index (Phi) is 2.80. The van der Waals surface area contributed by atoms with E-state index in [4.69, 9.17) is 0 Å². The molecular formula is C13H19NS. The maximum atomic E-state index is 3.76. The maximum Gasteiger partial charge on any atom is 0.00982 e. The number of nitrogens with one attached hydrogen (secondary N) is 1. The Bertz CT molecular complexity index is 306. The van der Waals surface area contributed by atoms with Crippen LogP contribution in [0.15, 0.2) is 17.5 Å². The molecule has 1 N–H and O–H groups in total. The van der Waals surface area contributed by atoms with Gasteiger partial charge >= 0.3 is 0 Å². The van der Waals surface area contributed by atoms with Crippen molar-refractivity contribution in [1.29, 1.82) is 0 Å². The molecule has 0 radical (unpaired) electrons. The number of hydrogen-bond acceptors (Lipinski definition) is 2. The Morgan fingerprint density at radius 1 is 1.33 bits per heavy atom. The van der Waals surface area contributed by atoms with Crippen LogP contribution in [0.3, 0.4) is 0 Å². The van der Waals surface area contributed by atoms with Gasteiger partial charge in [-0.25, -0.2) is 0 Å². The summed E-state index contributed by atoms with van der Waals surface area (Å²) in [4.78, 5) is 1.52. The van der Waals surface area contributed by atoms with Gasteiger partial charge in [-0.05, 0) is 49.0 Å². The van der Waals surface area contributed by atoms with Gasteiger partial charge in [0.25, 0.3) is 0 Å². The van der Waals surface area contributed by atoms with Gasteiger partial charge in [0.1, 0.15) is 0 Å². The summed E-state index contributed by atoms with van der Waals surface area (Å²) in [6.07, 6.45) is 7.17. The van der Waals surface area contributed by atoms with Crippen molar-refractivity contribution in [3.05, 3.63) is 22.4 Å². The minimum absolute atomic E-state index is 0.851. The summed E-state index contributed by atoms with van der Waals surface area (Å²) >= 11 is 1.88. The van der Waals surface area contributed by atoms with Crippen LogP contribution in [0.5, 0.6) is 0 Å². The number of thiophene rings is 1. The Morgan fingerprint density at radius 2 is 2.33 bits per heavy atom. The molecule has 82 valence electrons. The van der Waals surface area contributed by atoms with E-state index in [0.29, 0.717) is 0 Å². The molecule has 0 unspecified atom stereocenters. The van der Waals surface area contributed by atoms with Crippen molar-refractivity contribution >= 4 is 11.3 Å². The SMILES string of the molecule is c1csc(CCN[C@@H]2C[C@H]3CC[C@@H]2C3)c1. The van der Waals surface area contributed by atoms with E-state index in [1.807, 2.05) is 11.3 Å². The van der Waals surface area contributed by atoms with E-state index >= 15 is 0 Å². The standard InChI is InChI=1S/C13H19NS/c1-2-12(15-7-1)5-6-14-13-9-10-3-4-11(13)8-10/h1-2,7,10-11,13-14H,3-6,8-9H2/t10-,11+,13+/m0/s1. The largest absolute Gasteiger partial charge is 0.313 e. The van der Waals surface area contributed by atoms with E-state index in [-0.39, 0.29) is 0 Å². The van der Waals surface area contributed by atoms with E-state index in [1.165, 1.54) is 43.5 Å². The van der Waals surface area contributed by atoms with Crippen LogP contribution in [-0.4, -0.2) is 12.6 Å². The molecule has 2 saturated carbocycles. The second kappa shape index (κ2) is 4.26. The Morgan fingerprint density at radius 3 is 3.00 bits per heavy atom. The van der Waals surface area contributed by atoms with Gasteiger partial charge in [-0.1, -0.05) is 12.5 Å². The predicted octanol–water partition coefficient (Wildman–Crippen LogP) is 3.07. The van der Waals surface area contributed by atoms with Crippen molar-refractivity contribution in [2.45, 2.75) is 38.1 Å². The molecule has 2 aliphatic carbocycles. The summed E-state index contributed by atoms with van der Waals surface area (Å²) in [7, 11) is 0.